The number of carbonyl (C=O) groups excluding carboxylic acids is 3. The lowest BCUT2D eigenvalue weighted by Crippen LogP contribution is -2.44. The number of fused-ring (bicyclic) bond motifs is 1. The van der Waals surface area contributed by atoms with Gasteiger partial charge in [-0.15, -0.1) is 11.3 Å². The van der Waals surface area contributed by atoms with Gasteiger partial charge in [-0.05, 0) is 63.9 Å². The summed E-state index contributed by atoms with van der Waals surface area (Å²) in [6, 6.07) is 5.42. The van der Waals surface area contributed by atoms with Crippen molar-refractivity contribution in [2.45, 2.75) is 57.1 Å². The summed E-state index contributed by atoms with van der Waals surface area (Å²) in [4.78, 5) is 43.2. The molecule has 0 atom stereocenters. The smallest absolute Gasteiger partial charge is 0.323 e. The lowest BCUT2D eigenvalue weighted by molar-refractivity contribution is 0.0956. The molecule has 0 aliphatic carbocycles. The van der Waals surface area contributed by atoms with E-state index in [1.165, 1.54) is 58.9 Å². The molecular weight excluding hydrogens is 542 g/mol. The van der Waals surface area contributed by atoms with Crippen molar-refractivity contribution >= 4 is 44.2 Å². The third-order valence-corrected chi connectivity index (χ3v) is 10.1. The average Bonchev–Trinajstić information content (AvgIpc) is 3.42. The zero-order valence-corrected chi connectivity index (χ0v) is 24.7. The number of imide groups is 1. The fourth-order valence-corrected chi connectivity index (χ4v) is 7.48. The van der Waals surface area contributed by atoms with E-state index in [1.807, 2.05) is 0 Å². The van der Waals surface area contributed by atoms with Crippen LogP contribution in [0.4, 0.5) is 9.80 Å². The summed E-state index contributed by atoms with van der Waals surface area (Å²) in [5.41, 5.74) is 0.672. The van der Waals surface area contributed by atoms with Gasteiger partial charge in [-0.3, -0.25) is 19.8 Å². The first-order chi connectivity index (χ1) is 18.2. The third kappa shape index (κ3) is 5.87. The molecule has 4 rings (SSSR count). The molecule has 2 aliphatic rings. The summed E-state index contributed by atoms with van der Waals surface area (Å²) in [5, 5.41) is 5.57. The molecule has 0 saturated carbocycles. The van der Waals surface area contributed by atoms with E-state index in [-0.39, 0.29) is 22.8 Å². The molecule has 2 aliphatic heterocycles. The number of carbonyl (C=O) groups is 3. The van der Waals surface area contributed by atoms with Crippen LogP contribution in [0.15, 0.2) is 29.2 Å². The van der Waals surface area contributed by atoms with Crippen LogP contribution < -0.4 is 10.6 Å². The lowest BCUT2D eigenvalue weighted by Gasteiger charge is -2.30. The minimum absolute atomic E-state index is 0.0317. The molecule has 1 fully saturated rings. The SMILES string of the molecule is CC(C)N1CCc2c(sc(NC(=O)c3ccc(S(=O)(=O)N4COCC4(C)C)cc3)c2C(=O)NC(=O)N(C)C)C1. The van der Waals surface area contributed by atoms with Crippen LogP contribution in [-0.2, 0) is 27.7 Å². The van der Waals surface area contributed by atoms with Crippen LogP contribution in [0.1, 0.15) is 58.9 Å². The van der Waals surface area contributed by atoms with Gasteiger partial charge in [-0.2, -0.15) is 4.31 Å². The van der Waals surface area contributed by atoms with Crippen LogP contribution in [0.2, 0.25) is 0 Å². The highest BCUT2D eigenvalue weighted by molar-refractivity contribution is 7.89. The Morgan fingerprint density at radius 2 is 1.77 bits per heavy atom. The number of sulfonamides is 1. The van der Waals surface area contributed by atoms with Gasteiger partial charge in [0.25, 0.3) is 11.8 Å². The highest BCUT2D eigenvalue weighted by Crippen LogP contribution is 2.38. The van der Waals surface area contributed by atoms with Gasteiger partial charge in [-0.25, -0.2) is 13.2 Å². The second-order valence-corrected chi connectivity index (χ2v) is 13.8. The molecule has 2 N–H and O–H groups in total. The van der Waals surface area contributed by atoms with Gasteiger partial charge >= 0.3 is 6.03 Å². The molecule has 212 valence electrons. The number of anilines is 1. The number of nitrogens with one attached hydrogen (secondary N) is 2. The summed E-state index contributed by atoms with van der Waals surface area (Å²) in [6.45, 7) is 9.45. The van der Waals surface area contributed by atoms with Crippen molar-refractivity contribution in [2.75, 3.05) is 39.3 Å². The fourth-order valence-electron chi connectivity index (χ4n) is 4.56. The number of amides is 4. The topological polar surface area (TPSA) is 128 Å². The van der Waals surface area contributed by atoms with Crippen LogP contribution in [-0.4, -0.2) is 85.9 Å². The predicted octanol–water partition coefficient (Wildman–Crippen LogP) is 2.94. The van der Waals surface area contributed by atoms with Gasteiger partial charge in [0.15, 0.2) is 0 Å². The largest absolute Gasteiger partial charge is 0.363 e. The highest BCUT2D eigenvalue weighted by Gasteiger charge is 2.42. The Morgan fingerprint density at radius 1 is 1.10 bits per heavy atom. The average molecular weight is 578 g/mol. The quantitative estimate of drug-likeness (QED) is 0.540. The van der Waals surface area contributed by atoms with Crippen molar-refractivity contribution in [3.8, 4) is 0 Å². The van der Waals surface area contributed by atoms with Gasteiger partial charge in [0.1, 0.15) is 11.7 Å². The second kappa shape index (κ2) is 11.0. The molecule has 11 nitrogen and oxygen atoms in total. The van der Waals surface area contributed by atoms with Crippen molar-refractivity contribution < 1.29 is 27.5 Å². The predicted molar refractivity (Wildman–Crippen MR) is 148 cm³/mol. The van der Waals surface area contributed by atoms with Crippen LogP contribution in [0.3, 0.4) is 0 Å². The van der Waals surface area contributed by atoms with Crippen molar-refractivity contribution in [2.24, 2.45) is 0 Å². The summed E-state index contributed by atoms with van der Waals surface area (Å²) in [6.07, 6.45) is 0.613. The van der Waals surface area contributed by atoms with Gasteiger partial charge in [-0.1, -0.05) is 0 Å². The highest BCUT2D eigenvalue weighted by atomic mass is 32.2. The summed E-state index contributed by atoms with van der Waals surface area (Å²) in [5.74, 6) is -1.06. The van der Waals surface area contributed by atoms with E-state index in [4.69, 9.17) is 4.74 Å². The summed E-state index contributed by atoms with van der Waals surface area (Å²) < 4.78 is 32.9. The molecule has 0 bridgehead atoms. The molecule has 39 heavy (non-hydrogen) atoms. The van der Waals surface area contributed by atoms with E-state index < -0.39 is 33.4 Å². The monoisotopic (exact) mass is 577 g/mol. The molecule has 1 aromatic heterocycles. The van der Waals surface area contributed by atoms with Gasteiger partial charge < -0.3 is 15.0 Å². The number of thiophene rings is 1. The van der Waals surface area contributed by atoms with Crippen LogP contribution >= 0.6 is 11.3 Å². The zero-order valence-electron chi connectivity index (χ0n) is 23.0. The molecule has 2 aromatic rings. The first-order valence-electron chi connectivity index (χ1n) is 12.7. The number of nitrogens with zero attached hydrogens (tertiary/aromatic N) is 3. The Kier molecular flexibility index (Phi) is 8.20. The van der Waals surface area contributed by atoms with E-state index in [0.717, 1.165) is 17.0 Å². The standard InChI is InChI=1S/C26H35N5O6S2/c1-16(2)30-12-11-19-20(13-30)38-24(21(19)23(33)28-25(34)29(5)6)27-22(32)17-7-9-18(10-8-17)39(35,36)31-15-37-14-26(31,3)4/h7-10,16H,11-15H2,1-6H3,(H,27,32)(H,28,33,34). The Morgan fingerprint density at radius 3 is 2.33 bits per heavy atom. The Hall–Kier alpha value is -2.84. The number of benzene rings is 1. The van der Waals surface area contributed by atoms with Gasteiger partial charge in [0, 0.05) is 43.7 Å². The zero-order chi connectivity index (χ0) is 28.7. The molecular formula is C26H35N5O6S2. The normalized spacial score (nSPS) is 17.6. The maximum atomic E-state index is 13.2. The van der Waals surface area contributed by atoms with E-state index in [9.17, 15) is 22.8 Å². The number of ether oxygens (including phenoxy) is 1. The first-order valence-corrected chi connectivity index (χ1v) is 14.9. The number of hydrogen-bond donors (Lipinski definition) is 2. The minimum Gasteiger partial charge on any atom is -0.363 e. The fraction of sp³-hybridized carbons (Fsp3) is 0.500. The Bertz CT molecular complexity index is 1380. The van der Waals surface area contributed by atoms with Crippen molar-refractivity contribution in [1.82, 2.24) is 19.4 Å². The van der Waals surface area contributed by atoms with Crippen molar-refractivity contribution in [1.29, 1.82) is 0 Å². The van der Waals surface area contributed by atoms with E-state index in [1.54, 1.807) is 13.8 Å². The van der Waals surface area contributed by atoms with Gasteiger partial charge in [0.05, 0.1) is 22.6 Å². The first kappa shape index (κ1) is 29.2. The van der Waals surface area contributed by atoms with Crippen LogP contribution in [0.5, 0.6) is 0 Å². The molecule has 4 amide bonds. The van der Waals surface area contributed by atoms with E-state index in [0.29, 0.717) is 30.6 Å². The number of rotatable bonds is 6. The Balaban J connectivity index is 1.60. The maximum Gasteiger partial charge on any atom is 0.323 e. The lowest BCUT2D eigenvalue weighted by atomic mass is 10.0. The maximum absolute atomic E-state index is 13.2. The molecule has 1 aromatic carbocycles. The molecule has 13 heteroatoms. The van der Waals surface area contributed by atoms with E-state index >= 15 is 0 Å². The minimum atomic E-state index is -3.81. The number of hydrogen-bond acceptors (Lipinski definition) is 8. The molecule has 0 spiro atoms. The summed E-state index contributed by atoms with van der Waals surface area (Å²) >= 11 is 1.32. The van der Waals surface area contributed by atoms with Crippen LogP contribution in [0.25, 0.3) is 0 Å². The van der Waals surface area contributed by atoms with Crippen LogP contribution in [0, 0.1) is 0 Å². The third-order valence-electron chi connectivity index (χ3n) is 6.94. The number of urea groups is 1. The van der Waals surface area contributed by atoms with E-state index in [2.05, 4.69) is 29.4 Å². The molecule has 1 saturated heterocycles. The van der Waals surface area contributed by atoms with Crippen molar-refractivity contribution in [3.63, 3.8) is 0 Å². The Labute approximate surface area is 233 Å². The van der Waals surface area contributed by atoms with Gasteiger partial charge in [0.2, 0.25) is 10.0 Å². The molecule has 0 radical (unpaired) electrons. The second-order valence-electron chi connectivity index (χ2n) is 10.8. The molecule has 0 unspecified atom stereocenters. The van der Waals surface area contributed by atoms with Crippen molar-refractivity contribution in [3.05, 3.63) is 45.8 Å². The summed E-state index contributed by atoms with van der Waals surface area (Å²) in [7, 11) is -0.737. The molecule has 3 heterocycles.